The van der Waals surface area contributed by atoms with Crippen LogP contribution in [0, 0.1) is 6.92 Å². The Balaban J connectivity index is 2.27. The molecule has 0 saturated carbocycles. The van der Waals surface area contributed by atoms with Gasteiger partial charge in [-0.3, -0.25) is 4.57 Å². The summed E-state index contributed by atoms with van der Waals surface area (Å²) >= 11 is 0. The molecule has 1 aromatic heterocycles. The molecule has 23 heavy (non-hydrogen) atoms. The Morgan fingerprint density at radius 2 is 1.83 bits per heavy atom. The highest BCUT2D eigenvalue weighted by atomic mass is 15.1. The van der Waals surface area contributed by atoms with E-state index in [0.717, 1.165) is 12.2 Å². The second-order valence-electron chi connectivity index (χ2n) is 6.35. The van der Waals surface area contributed by atoms with Crippen molar-refractivity contribution in [3.8, 4) is 17.1 Å². The monoisotopic (exact) mass is 304 g/mol. The molecule has 0 bridgehead atoms. The van der Waals surface area contributed by atoms with Gasteiger partial charge in [0, 0.05) is 17.5 Å². The number of hydrogen-bond acceptors (Lipinski definition) is 1. The average Bonchev–Trinajstić information content (AvgIpc) is 2.99. The topological polar surface area (TPSA) is 17.8 Å². The molecule has 0 atom stereocenters. The predicted octanol–water partition coefficient (Wildman–Crippen LogP) is 5.53. The Hall–Kier alpha value is -2.35. The van der Waals surface area contributed by atoms with E-state index in [9.17, 15) is 0 Å². The highest BCUT2D eigenvalue weighted by Crippen LogP contribution is 2.30. The third kappa shape index (κ3) is 2.94. The minimum absolute atomic E-state index is 0.422. The SMILES string of the molecule is CCc1ccccc1-n1c(C(C)C)cnc1-c1cccc(C)c1. The summed E-state index contributed by atoms with van der Waals surface area (Å²) in [4.78, 5) is 4.76. The zero-order valence-corrected chi connectivity index (χ0v) is 14.4. The summed E-state index contributed by atoms with van der Waals surface area (Å²) in [5.41, 5.74) is 6.27. The van der Waals surface area contributed by atoms with E-state index in [1.54, 1.807) is 0 Å². The van der Waals surface area contributed by atoms with E-state index in [0.29, 0.717) is 5.92 Å². The van der Waals surface area contributed by atoms with Crippen molar-refractivity contribution in [3.63, 3.8) is 0 Å². The van der Waals surface area contributed by atoms with Crippen LogP contribution in [-0.4, -0.2) is 9.55 Å². The molecule has 1 heterocycles. The van der Waals surface area contributed by atoms with Gasteiger partial charge < -0.3 is 0 Å². The molecule has 0 amide bonds. The first-order valence-corrected chi connectivity index (χ1v) is 8.34. The summed E-state index contributed by atoms with van der Waals surface area (Å²) in [6.07, 6.45) is 3.04. The van der Waals surface area contributed by atoms with E-state index in [4.69, 9.17) is 4.98 Å². The molecule has 118 valence electrons. The van der Waals surface area contributed by atoms with E-state index in [2.05, 4.69) is 80.8 Å². The van der Waals surface area contributed by atoms with Crippen molar-refractivity contribution in [1.29, 1.82) is 0 Å². The maximum Gasteiger partial charge on any atom is 0.144 e. The second kappa shape index (κ2) is 6.41. The fraction of sp³-hybridized carbons (Fsp3) is 0.286. The maximum absolute atomic E-state index is 4.76. The number of rotatable bonds is 4. The summed E-state index contributed by atoms with van der Waals surface area (Å²) < 4.78 is 2.33. The third-order valence-electron chi connectivity index (χ3n) is 4.27. The number of imidazole rings is 1. The van der Waals surface area contributed by atoms with Gasteiger partial charge in [-0.15, -0.1) is 0 Å². The Morgan fingerprint density at radius 1 is 1.04 bits per heavy atom. The number of aryl methyl sites for hydroxylation is 2. The van der Waals surface area contributed by atoms with Crippen molar-refractivity contribution >= 4 is 0 Å². The molecule has 0 aliphatic rings. The van der Waals surface area contributed by atoms with Crippen molar-refractivity contribution < 1.29 is 0 Å². The fourth-order valence-corrected chi connectivity index (χ4v) is 3.04. The summed E-state index contributed by atoms with van der Waals surface area (Å²) in [5, 5.41) is 0. The average molecular weight is 304 g/mol. The molecule has 0 spiro atoms. The molecule has 0 saturated heterocycles. The molecule has 3 rings (SSSR count). The van der Waals surface area contributed by atoms with E-state index < -0.39 is 0 Å². The van der Waals surface area contributed by atoms with E-state index in [1.165, 1.54) is 28.1 Å². The van der Waals surface area contributed by atoms with E-state index in [1.807, 2.05) is 6.20 Å². The van der Waals surface area contributed by atoms with Gasteiger partial charge in [-0.1, -0.05) is 62.7 Å². The van der Waals surface area contributed by atoms with Gasteiger partial charge in [0.05, 0.1) is 5.69 Å². The molecule has 2 nitrogen and oxygen atoms in total. The molecule has 0 radical (unpaired) electrons. The van der Waals surface area contributed by atoms with Gasteiger partial charge in [0.2, 0.25) is 0 Å². The zero-order chi connectivity index (χ0) is 16.4. The van der Waals surface area contributed by atoms with Gasteiger partial charge in [-0.2, -0.15) is 0 Å². The quantitative estimate of drug-likeness (QED) is 0.619. The Morgan fingerprint density at radius 3 is 2.52 bits per heavy atom. The van der Waals surface area contributed by atoms with Crippen molar-refractivity contribution in [2.24, 2.45) is 0 Å². The van der Waals surface area contributed by atoms with Gasteiger partial charge in [-0.25, -0.2) is 4.98 Å². The molecular weight excluding hydrogens is 280 g/mol. The minimum atomic E-state index is 0.422. The van der Waals surface area contributed by atoms with Gasteiger partial charge >= 0.3 is 0 Å². The number of aromatic nitrogens is 2. The number of benzene rings is 2. The van der Waals surface area contributed by atoms with Crippen LogP contribution in [0.1, 0.15) is 43.5 Å². The number of nitrogens with zero attached hydrogens (tertiary/aromatic N) is 2. The summed E-state index contributed by atoms with van der Waals surface area (Å²) in [5.74, 6) is 1.45. The third-order valence-corrected chi connectivity index (χ3v) is 4.27. The minimum Gasteiger partial charge on any atom is -0.296 e. The largest absolute Gasteiger partial charge is 0.296 e. The van der Waals surface area contributed by atoms with Crippen LogP contribution in [-0.2, 0) is 6.42 Å². The van der Waals surface area contributed by atoms with Crippen molar-refractivity contribution in [3.05, 3.63) is 71.5 Å². The standard InChI is InChI=1S/C21H24N2/c1-5-17-10-6-7-12-19(17)23-20(15(2)3)14-22-21(23)18-11-8-9-16(4)13-18/h6-15H,5H2,1-4H3. The van der Waals surface area contributed by atoms with E-state index in [-0.39, 0.29) is 0 Å². The normalized spacial score (nSPS) is 11.2. The van der Waals surface area contributed by atoms with Crippen LogP contribution in [0.25, 0.3) is 17.1 Å². The first-order chi connectivity index (χ1) is 11.1. The smallest absolute Gasteiger partial charge is 0.144 e. The van der Waals surface area contributed by atoms with Crippen LogP contribution < -0.4 is 0 Å². The second-order valence-corrected chi connectivity index (χ2v) is 6.35. The number of hydrogen-bond donors (Lipinski definition) is 0. The lowest BCUT2D eigenvalue weighted by Gasteiger charge is -2.17. The van der Waals surface area contributed by atoms with Crippen LogP contribution in [0.3, 0.4) is 0 Å². The highest BCUT2D eigenvalue weighted by Gasteiger charge is 2.17. The molecule has 0 aliphatic heterocycles. The van der Waals surface area contributed by atoms with Gasteiger partial charge in [0.15, 0.2) is 0 Å². The Labute approximate surface area is 138 Å². The van der Waals surface area contributed by atoms with Gasteiger partial charge in [0.25, 0.3) is 0 Å². The summed E-state index contributed by atoms with van der Waals surface area (Å²) in [7, 11) is 0. The van der Waals surface area contributed by atoms with Crippen LogP contribution >= 0.6 is 0 Å². The first kappa shape index (κ1) is 15.5. The molecule has 0 unspecified atom stereocenters. The molecule has 0 N–H and O–H groups in total. The maximum atomic E-state index is 4.76. The lowest BCUT2D eigenvalue weighted by Crippen LogP contribution is -2.06. The van der Waals surface area contributed by atoms with Crippen LogP contribution in [0.2, 0.25) is 0 Å². The molecular formula is C21H24N2. The first-order valence-electron chi connectivity index (χ1n) is 8.34. The van der Waals surface area contributed by atoms with Gasteiger partial charge in [-0.05, 0) is 37.0 Å². The lowest BCUT2D eigenvalue weighted by atomic mass is 10.1. The molecule has 2 aromatic carbocycles. The molecule has 2 heteroatoms. The predicted molar refractivity (Wildman–Crippen MR) is 97.2 cm³/mol. The van der Waals surface area contributed by atoms with Crippen LogP contribution in [0.5, 0.6) is 0 Å². The Kier molecular flexibility index (Phi) is 4.33. The van der Waals surface area contributed by atoms with Crippen LogP contribution in [0.15, 0.2) is 54.7 Å². The van der Waals surface area contributed by atoms with Crippen molar-refractivity contribution in [1.82, 2.24) is 9.55 Å². The van der Waals surface area contributed by atoms with E-state index >= 15 is 0 Å². The number of para-hydroxylation sites is 1. The highest BCUT2D eigenvalue weighted by molar-refractivity contribution is 5.62. The van der Waals surface area contributed by atoms with Crippen LogP contribution in [0.4, 0.5) is 0 Å². The summed E-state index contributed by atoms with van der Waals surface area (Å²) in [6, 6.07) is 17.2. The Bertz CT molecular complexity index is 812. The lowest BCUT2D eigenvalue weighted by molar-refractivity contribution is 0.786. The molecule has 3 aromatic rings. The van der Waals surface area contributed by atoms with Gasteiger partial charge in [0.1, 0.15) is 5.82 Å². The molecule has 0 aliphatic carbocycles. The zero-order valence-electron chi connectivity index (χ0n) is 14.4. The van der Waals surface area contributed by atoms with Crippen molar-refractivity contribution in [2.45, 2.75) is 40.0 Å². The van der Waals surface area contributed by atoms with Crippen molar-refractivity contribution in [2.75, 3.05) is 0 Å². The molecule has 0 fully saturated rings. The summed E-state index contributed by atoms with van der Waals surface area (Å²) in [6.45, 7) is 8.78. The fourth-order valence-electron chi connectivity index (χ4n) is 3.04.